The Bertz CT molecular complexity index is 852. The van der Waals surface area contributed by atoms with Gasteiger partial charge in [-0.3, -0.25) is 0 Å². The second-order valence-electron chi connectivity index (χ2n) is 6.02. The van der Waals surface area contributed by atoms with Gasteiger partial charge in [0.05, 0.1) is 9.50 Å². The van der Waals surface area contributed by atoms with Gasteiger partial charge in [-0.15, -0.1) is 0 Å². The van der Waals surface area contributed by atoms with Gasteiger partial charge < -0.3 is 10.6 Å². The van der Waals surface area contributed by atoms with Crippen LogP contribution in [0.15, 0.2) is 69.8 Å². The van der Waals surface area contributed by atoms with Crippen molar-refractivity contribution in [1.82, 2.24) is 4.98 Å². The van der Waals surface area contributed by atoms with E-state index in [1.165, 1.54) is 22.9 Å². The highest BCUT2D eigenvalue weighted by molar-refractivity contribution is 9.10. The van der Waals surface area contributed by atoms with Crippen LogP contribution >= 0.6 is 27.7 Å². The predicted molar refractivity (Wildman–Crippen MR) is 142 cm³/mol. The van der Waals surface area contributed by atoms with Crippen LogP contribution in [0.3, 0.4) is 0 Å². The van der Waals surface area contributed by atoms with Gasteiger partial charge in [-0.25, -0.2) is 4.98 Å². The summed E-state index contributed by atoms with van der Waals surface area (Å²) in [4.78, 5) is 5.40. The number of pyridine rings is 1. The van der Waals surface area contributed by atoms with Crippen LogP contribution in [0.25, 0.3) is 0 Å². The van der Waals surface area contributed by atoms with Gasteiger partial charge >= 0.3 is 0 Å². The standard InChI is InChI=1S/C21H24BrN3S.2C2H6/c1-7-19(16(5)24-20-14(3)9-8-10-15(20)4)26-17(6)25-21-18(22)11-13(2)12-23-21;2*1-2/h7-12,24H,5-6H2,1-4H3,(H,23,25);2*1-2H3/b19-7-;;. The van der Waals surface area contributed by atoms with Crippen molar-refractivity contribution in [3.63, 3.8) is 0 Å². The largest absolute Gasteiger partial charge is 0.355 e. The Labute approximate surface area is 196 Å². The fourth-order valence-electron chi connectivity index (χ4n) is 2.43. The van der Waals surface area contributed by atoms with E-state index >= 15 is 0 Å². The van der Waals surface area contributed by atoms with E-state index in [1.54, 1.807) is 0 Å². The second-order valence-corrected chi connectivity index (χ2v) is 8.01. The smallest absolute Gasteiger partial charge is 0.145 e. The Morgan fingerprint density at radius 1 is 1.03 bits per heavy atom. The minimum atomic E-state index is 0.747. The molecule has 2 aromatic rings. The molecule has 2 N–H and O–H groups in total. The summed E-state index contributed by atoms with van der Waals surface area (Å²) in [6.45, 7) is 24.5. The number of hydrogen-bond donors (Lipinski definition) is 2. The lowest BCUT2D eigenvalue weighted by molar-refractivity contribution is 1.24. The molecule has 0 atom stereocenters. The number of aromatic nitrogens is 1. The van der Waals surface area contributed by atoms with E-state index < -0.39 is 0 Å². The molecule has 0 spiro atoms. The highest BCUT2D eigenvalue weighted by Crippen LogP contribution is 2.33. The van der Waals surface area contributed by atoms with Crippen LogP contribution in [-0.4, -0.2) is 4.98 Å². The van der Waals surface area contributed by atoms with Crippen molar-refractivity contribution in [2.24, 2.45) is 0 Å². The van der Waals surface area contributed by atoms with Crippen LogP contribution in [0.4, 0.5) is 11.5 Å². The molecule has 0 unspecified atom stereocenters. The molecule has 0 saturated carbocycles. The molecular formula is C25H36BrN3S. The van der Waals surface area contributed by atoms with Crippen molar-refractivity contribution in [3.8, 4) is 0 Å². The number of halogens is 1. The van der Waals surface area contributed by atoms with Crippen molar-refractivity contribution in [3.05, 3.63) is 86.5 Å². The van der Waals surface area contributed by atoms with E-state index in [4.69, 9.17) is 0 Å². The SMILES string of the molecule is C=C(Nc1ncc(C)cc1Br)S/C(=C\C)C(=C)Nc1c(C)cccc1C.CC.CC. The molecule has 1 aromatic carbocycles. The Morgan fingerprint density at radius 2 is 1.60 bits per heavy atom. The van der Waals surface area contributed by atoms with Crippen LogP contribution in [0.2, 0.25) is 0 Å². The third-order valence-corrected chi connectivity index (χ3v) is 5.44. The van der Waals surface area contributed by atoms with Gasteiger partial charge in [-0.05, 0) is 66.4 Å². The summed E-state index contributed by atoms with van der Waals surface area (Å²) in [7, 11) is 0. The molecule has 164 valence electrons. The van der Waals surface area contributed by atoms with E-state index in [0.29, 0.717) is 0 Å². The number of benzene rings is 1. The van der Waals surface area contributed by atoms with E-state index in [1.807, 2.05) is 59.9 Å². The Hall–Kier alpha value is -1.98. The average Bonchev–Trinajstić information content (AvgIpc) is 2.74. The number of allylic oxidation sites excluding steroid dienone is 1. The number of nitrogens with one attached hydrogen (secondary N) is 2. The maximum absolute atomic E-state index is 4.40. The molecule has 0 aliphatic carbocycles. The van der Waals surface area contributed by atoms with Crippen molar-refractivity contribution >= 4 is 39.2 Å². The highest BCUT2D eigenvalue weighted by Gasteiger charge is 2.10. The van der Waals surface area contributed by atoms with Gasteiger partial charge in [0.2, 0.25) is 0 Å². The zero-order valence-electron chi connectivity index (χ0n) is 19.6. The summed E-state index contributed by atoms with van der Waals surface area (Å²) in [6, 6.07) is 8.26. The predicted octanol–water partition coefficient (Wildman–Crippen LogP) is 8.97. The molecule has 0 fully saturated rings. The molecule has 0 aliphatic heterocycles. The molecule has 30 heavy (non-hydrogen) atoms. The summed E-state index contributed by atoms with van der Waals surface area (Å²) in [5, 5.41) is 7.46. The number of nitrogens with zero attached hydrogens (tertiary/aromatic N) is 1. The molecule has 0 amide bonds. The maximum Gasteiger partial charge on any atom is 0.145 e. The Kier molecular flexibility index (Phi) is 13.9. The minimum Gasteiger partial charge on any atom is -0.355 e. The van der Waals surface area contributed by atoms with Gasteiger partial charge in [-0.1, -0.05) is 76.9 Å². The summed E-state index contributed by atoms with van der Waals surface area (Å²) < 4.78 is 0.911. The van der Waals surface area contributed by atoms with E-state index in [9.17, 15) is 0 Å². The van der Waals surface area contributed by atoms with Crippen molar-refractivity contribution in [2.45, 2.75) is 55.4 Å². The third-order valence-electron chi connectivity index (χ3n) is 3.79. The van der Waals surface area contributed by atoms with Gasteiger partial charge in [-0.2, -0.15) is 0 Å². The minimum absolute atomic E-state index is 0.747. The first-order chi connectivity index (χ1) is 14.3. The zero-order valence-corrected chi connectivity index (χ0v) is 22.0. The van der Waals surface area contributed by atoms with Crippen LogP contribution in [0.1, 0.15) is 51.3 Å². The monoisotopic (exact) mass is 489 g/mol. The lowest BCUT2D eigenvalue weighted by atomic mass is 10.1. The fourth-order valence-corrected chi connectivity index (χ4v) is 3.70. The number of para-hydroxylation sites is 1. The number of anilines is 2. The molecule has 0 radical (unpaired) electrons. The van der Waals surface area contributed by atoms with Crippen LogP contribution in [0, 0.1) is 20.8 Å². The molecule has 0 bridgehead atoms. The number of hydrogen-bond acceptors (Lipinski definition) is 4. The summed E-state index contributed by atoms with van der Waals surface area (Å²) in [6.07, 6.45) is 3.85. The van der Waals surface area contributed by atoms with Gasteiger partial charge in [0, 0.05) is 22.5 Å². The quantitative estimate of drug-likeness (QED) is 0.380. The van der Waals surface area contributed by atoms with Crippen LogP contribution in [0.5, 0.6) is 0 Å². The topological polar surface area (TPSA) is 37.0 Å². The summed E-state index contributed by atoms with van der Waals surface area (Å²) >= 11 is 5.05. The number of aryl methyl sites for hydroxylation is 3. The third kappa shape index (κ3) is 8.80. The van der Waals surface area contributed by atoms with E-state index in [-0.39, 0.29) is 0 Å². The molecule has 3 nitrogen and oxygen atoms in total. The van der Waals surface area contributed by atoms with E-state index in [0.717, 1.165) is 37.2 Å². The number of thioether (sulfide) groups is 1. The zero-order chi connectivity index (χ0) is 23.3. The first-order valence-electron chi connectivity index (χ1n) is 10.3. The van der Waals surface area contributed by atoms with Crippen molar-refractivity contribution < 1.29 is 0 Å². The molecule has 0 aliphatic rings. The lowest BCUT2D eigenvalue weighted by Crippen LogP contribution is -2.05. The Balaban J connectivity index is 0.00000198. The summed E-state index contributed by atoms with van der Waals surface area (Å²) in [5.41, 5.74) is 5.42. The highest BCUT2D eigenvalue weighted by atomic mass is 79.9. The molecule has 0 saturated heterocycles. The van der Waals surface area contributed by atoms with Gasteiger partial charge in [0.1, 0.15) is 5.82 Å². The lowest BCUT2D eigenvalue weighted by Gasteiger charge is -2.18. The molecule has 1 heterocycles. The summed E-state index contributed by atoms with van der Waals surface area (Å²) in [5.74, 6) is 0.747. The van der Waals surface area contributed by atoms with Crippen molar-refractivity contribution in [1.29, 1.82) is 0 Å². The van der Waals surface area contributed by atoms with Crippen molar-refractivity contribution in [2.75, 3.05) is 10.6 Å². The second kappa shape index (κ2) is 14.9. The first-order valence-corrected chi connectivity index (χ1v) is 11.9. The van der Waals surface area contributed by atoms with Gasteiger partial charge in [0.25, 0.3) is 0 Å². The van der Waals surface area contributed by atoms with Crippen LogP contribution in [-0.2, 0) is 0 Å². The van der Waals surface area contributed by atoms with Gasteiger partial charge in [0.15, 0.2) is 0 Å². The molecule has 1 aromatic heterocycles. The first kappa shape index (κ1) is 28.0. The fraction of sp³-hybridized carbons (Fsp3) is 0.320. The number of rotatable bonds is 7. The Morgan fingerprint density at radius 3 is 2.10 bits per heavy atom. The van der Waals surface area contributed by atoms with Crippen LogP contribution < -0.4 is 10.6 Å². The molecular weight excluding hydrogens is 454 g/mol. The maximum atomic E-state index is 4.40. The van der Waals surface area contributed by atoms with E-state index in [2.05, 4.69) is 76.8 Å². The molecule has 5 heteroatoms. The molecule has 2 rings (SSSR count). The normalized spacial score (nSPS) is 10.1. The average molecular weight is 491 g/mol.